The zero-order valence-corrected chi connectivity index (χ0v) is 10.1. The van der Waals surface area contributed by atoms with Crippen molar-refractivity contribution in [2.45, 2.75) is 39.5 Å². The van der Waals surface area contributed by atoms with Gasteiger partial charge in [0.15, 0.2) is 0 Å². The van der Waals surface area contributed by atoms with Gasteiger partial charge in [0.25, 0.3) is 0 Å². The quantitative estimate of drug-likeness (QED) is 0.363. The normalized spacial score (nSPS) is 9.62. The van der Waals surface area contributed by atoms with Gasteiger partial charge in [-0.2, -0.15) is 0 Å². The molecule has 0 heterocycles. The fourth-order valence-electron chi connectivity index (χ4n) is 1.05. The third-order valence-electron chi connectivity index (χ3n) is 1.96. The van der Waals surface area contributed by atoms with Crippen LogP contribution in [0, 0.1) is 0 Å². The van der Waals surface area contributed by atoms with Gasteiger partial charge in [0.05, 0.1) is 12.2 Å². The van der Waals surface area contributed by atoms with E-state index in [4.69, 9.17) is 9.47 Å². The largest absolute Gasteiger partial charge is 0.463 e. The minimum absolute atomic E-state index is 0.0796. The molecule has 0 amide bonds. The van der Waals surface area contributed by atoms with Crippen molar-refractivity contribution in [3.8, 4) is 0 Å². The molecule has 0 aromatic carbocycles. The summed E-state index contributed by atoms with van der Waals surface area (Å²) in [7, 11) is 0. The van der Waals surface area contributed by atoms with E-state index in [1.165, 1.54) is 0 Å². The van der Waals surface area contributed by atoms with E-state index in [-0.39, 0.29) is 18.1 Å². The molecular weight excluding hydrogens is 208 g/mol. The van der Waals surface area contributed by atoms with Crippen molar-refractivity contribution in [3.05, 3.63) is 12.2 Å². The Bertz CT molecular complexity index is 245. The van der Waals surface area contributed by atoms with Gasteiger partial charge >= 0.3 is 11.9 Å². The lowest BCUT2D eigenvalue weighted by Gasteiger charge is -2.06. The van der Waals surface area contributed by atoms with E-state index < -0.39 is 5.97 Å². The first kappa shape index (κ1) is 14.7. The Morgan fingerprint density at radius 1 is 1.12 bits per heavy atom. The monoisotopic (exact) mass is 228 g/mol. The van der Waals surface area contributed by atoms with Crippen LogP contribution < -0.4 is 0 Å². The molecule has 0 aromatic heterocycles. The predicted molar refractivity (Wildman–Crippen MR) is 60.9 cm³/mol. The zero-order chi connectivity index (χ0) is 12.4. The van der Waals surface area contributed by atoms with Crippen LogP contribution in [0.4, 0.5) is 0 Å². The predicted octanol–water partition coefficient (Wildman–Crippen LogP) is 2.23. The average Bonchev–Trinajstić information content (AvgIpc) is 2.26. The fraction of sp³-hybridized carbons (Fsp3) is 0.667. The van der Waals surface area contributed by atoms with E-state index in [9.17, 15) is 9.59 Å². The standard InChI is InChI=1S/C12H20O4/c1-4-6-7-8-11(13)16-9-10(3)12(14)15-5-2/h3-9H2,1-2H3. The summed E-state index contributed by atoms with van der Waals surface area (Å²) in [5.41, 5.74) is 0.172. The molecular formula is C12H20O4. The van der Waals surface area contributed by atoms with Crippen LogP contribution in [-0.4, -0.2) is 25.2 Å². The SMILES string of the molecule is C=C(COC(=O)CCCCC)C(=O)OCC. The molecule has 0 saturated carbocycles. The maximum Gasteiger partial charge on any atom is 0.336 e. The summed E-state index contributed by atoms with van der Waals surface area (Å²) in [6, 6.07) is 0. The van der Waals surface area contributed by atoms with Gasteiger partial charge in [0.2, 0.25) is 0 Å². The van der Waals surface area contributed by atoms with Crippen LogP contribution in [0.1, 0.15) is 39.5 Å². The Labute approximate surface area is 96.6 Å². The number of carbonyl (C=O) groups excluding carboxylic acids is 2. The van der Waals surface area contributed by atoms with E-state index >= 15 is 0 Å². The van der Waals surface area contributed by atoms with Gasteiger partial charge in [0, 0.05) is 6.42 Å². The summed E-state index contributed by atoms with van der Waals surface area (Å²) in [5, 5.41) is 0. The van der Waals surface area contributed by atoms with Crippen molar-refractivity contribution in [1.82, 2.24) is 0 Å². The van der Waals surface area contributed by atoms with Crippen molar-refractivity contribution in [1.29, 1.82) is 0 Å². The molecule has 0 N–H and O–H groups in total. The number of hydrogen-bond acceptors (Lipinski definition) is 4. The lowest BCUT2D eigenvalue weighted by molar-refractivity contribution is -0.144. The minimum Gasteiger partial charge on any atom is -0.463 e. The third kappa shape index (κ3) is 7.04. The van der Waals surface area contributed by atoms with Gasteiger partial charge < -0.3 is 9.47 Å². The molecule has 0 bridgehead atoms. The minimum atomic E-state index is -0.510. The number of ether oxygens (including phenoxy) is 2. The highest BCUT2D eigenvalue weighted by molar-refractivity contribution is 5.88. The summed E-state index contributed by atoms with van der Waals surface area (Å²) in [6.07, 6.45) is 3.28. The lowest BCUT2D eigenvalue weighted by atomic mass is 10.2. The first-order valence-corrected chi connectivity index (χ1v) is 5.62. The second-order valence-corrected chi connectivity index (χ2v) is 3.44. The summed E-state index contributed by atoms with van der Waals surface area (Å²) >= 11 is 0. The summed E-state index contributed by atoms with van der Waals surface area (Å²) in [4.78, 5) is 22.3. The van der Waals surface area contributed by atoms with Gasteiger partial charge in [-0.3, -0.25) is 4.79 Å². The van der Waals surface area contributed by atoms with Crippen molar-refractivity contribution in [3.63, 3.8) is 0 Å². The summed E-state index contributed by atoms with van der Waals surface area (Å²) in [5.74, 6) is -0.803. The molecule has 16 heavy (non-hydrogen) atoms. The van der Waals surface area contributed by atoms with E-state index in [1.807, 2.05) is 0 Å². The van der Waals surface area contributed by atoms with Crippen molar-refractivity contribution in [2.24, 2.45) is 0 Å². The van der Waals surface area contributed by atoms with Crippen LogP contribution >= 0.6 is 0 Å². The molecule has 0 aliphatic rings. The molecule has 0 aliphatic carbocycles. The van der Waals surface area contributed by atoms with Crippen LogP contribution in [0.25, 0.3) is 0 Å². The Morgan fingerprint density at radius 3 is 2.38 bits per heavy atom. The molecule has 0 rings (SSSR count). The van der Waals surface area contributed by atoms with Crippen molar-refractivity contribution < 1.29 is 19.1 Å². The first-order valence-electron chi connectivity index (χ1n) is 5.62. The molecule has 92 valence electrons. The number of carbonyl (C=O) groups is 2. The Balaban J connectivity index is 3.66. The van der Waals surface area contributed by atoms with Crippen LogP contribution in [-0.2, 0) is 19.1 Å². The molecule has 4 nitrogen and oxygen atoms in total. The summed E-state index contributed by atoms with van der Waals surface area (Å²) < 4.78 is 9.58. The van der Waals surface area contributed by atoms with Crippen molar-refractivity contribution in [2.75, 3.05) is 13.2 Å². The van der Waals surface area contributed by atoms with Crippen molar-refractivity contribution >= 4 is 11.9 Å². The molecule has 0 atom stereocenters. The maximum absolute atomic E-state index is 11.2. The van der Waals surface area contributed by atoms with Gasteiger partial charge in [-0.05, 0) is 13.3 Å². The second kappa shape index (κ2) is 8.95. The second-order valence-electron chi connectivity index (χ2n) is 3.44. The smallest absolute Gasteiger partial charge is 0.336 e. The molecule has 0 radical (unpaired) electrons. The Kier molecular flexibility index (Phi) is 8.21. The Morgan fingerprint density at radius 2 is 1.81 bits per heavy atom. The van der Waals surface area contributed by atoms with Gasteiger partial charge in [0.1, 0.15) is 6.61 Å². The number of rotatable bonds is 8. The average molecular weight is 228 g/mol. The van der Waals surface area contributed by atoms with E-state index in [2.05, 4.69) is 13.5 Å². The molecule has 0 fully saturated rings. The van der Waals surface area contributed by atoms with E-state index in [0.29, 0.717) is 13.0 Å². The molecule has 0 saturated heterocycles. The molecule has 4 heteroatoms. The number of hydrogen-bond donors (Lipinski definition) is 0. The topological polar surface area (TPSA) is 52.6 Å². The van der Waals surface area contributed by atoms with Gasteiger partial charge in [-0.1, -0.05) is 26.3 Å². The van der Waals surface area contributed by atoms with Crippen LogP contribution in [0.2, 0.25) is 0 Å². The zero-order valence-electron chi connectivity index (χ0n) is 10.1. The van der Waals surface area contributed by atoms with Gasteiger partial charge in [-0.25, -0.2) is 4.79 Å². The van der Waals surface area contributed by atoms with Crippen LogP contribution in [0.15, 0.2) is 12.2 Å². The highest BCUT2D eigenvalue weighted by Gasteiger charge is 2.10. The molecule has 0 spiro atoms. The van der Waals surface area contributed by atoms with Crippen LogP contribution in [0.5, 0.6) is 0 Å². The summed E-state index contributed by atoms with van der Waals surface area (Å²) in [6.45, 7) is 7.48. The van der Waals surface area contributed by atoms with Gasteiger partial charge in [-0.15, -0.1) is 0 Å². The third-order valence-corrected chi connectivity index (χ3v) is 1.96. The van der Waals surface area contributed by atoms with E-state index in [0.717, 1.165) is 19.3 Å². The number of esters is 2. The lowest BCUT2D eigenvalue weighted by Crippen LogP contribution is -2.14. The molecule has 0 aliphatic heterocycles. The maximum atomic E-state index is 11.2. The van der Waals surface area contributed by atoms with E-state index in [1.54, 1.807) is 6.92 Å². The highest BCUT2D eigenvalue weighted by Crippen LogP contribution is 2.02. The van der Waals surface area contributed by atoms with Crippen LogP contribution in [0.3, 0.4) is 0 Å². The number of unbranched alkanes of at least 4 members (excludes halogenated alkanes) is 2. The Hall–Kier alpha value is -1.32. The molecule has 0 aromatic rings. The first-order chi connectivity index (χ1) is 7.61. The fourth-order valence-corrected chi connectivity index (χ4v) is 1.05. The molecule has 0 unspecified atom stereocenters. The highest BCUT2D eigenvalue weighted by atomic mass is 16.5.